The summed E-state index contributed by atoms with van der Waals surface area (Å²) in [6.07, 6.45) is -1.30. The maximum atomic E-state index is 13.6. The van der Waals surface area contributed by atoms with Gasteiger partial charge >= 0.3 is 5.97 Å². The number of carbonyl (C=O) groups is 3. The van der Waals surface area contributed by atoms with Gasteiger partial charge in [0.15, 0.2) is 29.2 Å². The number of halogens is 3. The largest absolute Gasteiger partial charge is 0.448 e. The Morgan fingerprint density at radius 3 is 2.42 bits per heavy atom. The molecule has 0 spiro atoms. The molecule has 0 fully saturated rings. The molecular formula is C21H18F3N5O4. The number of aryl methyl sites for hydroxylation is 1. The normalized spacial score (nSPS) is 11.5. The fourth-order valence-electron chi connectivity index (χ4n) is 2.64. The molecule has 2 N–H and O–H groups in total. The topological polar surface area (TPSA) is 115 Å². The number of anilines is 1. The van der Waals surface area contributed by atoms with Crippen LogP contribution in [0.1, 0.15) is 23.1 Å². The highest BCUT2D eigenvalue weighted by Gasteiger charge is 2.24. The lowest BCUT2D eigenvalue weighted by Gasteiger charge is -2.13. The number of nitrogens with one attached hydrogen (secondary N) is 2. The van der Waals surface area contributed by atoms with E-state index in [0.717, 1.165) is 6.07 Å². The van der Waals surface area contributed by atoms with Crippen LogP contribution in [-0.2, 0) is 14.3 Å². The second kappa shape index (κ2) is 9.94. The van der Waals surface area contributed by atoms with E-state index in [9.17, 15) is 27.6 Å². The predicted molar refractivity (Wildman–Crippen MR) is 109 cm³/mol. The van der Waals surface area contributed by atoms with Gasteiger partial charge in [-0.15, -0.1) is 5.10 Å². The van der Waals surface area contributed by atoms with Crippen LogP contribution in [0.4, 0.5) is 18.9 Å². The Balaban J connectivity index is 1.54. The van der Waals surface area contributed by atoms with Crippen LogP contribution < -0.4 is 10.6 Å². The van der Waals surface area contributed by atoms with Crippen LogP contribution in [0.15, 0.2) is 42.5 Å². The minimum atomic E-state index is -1.74. The first-order valence-corrected chi connectivity index (χ1v) is 9.58. The molecular weight excluding hydrogens is 443 g/mol. The number of benzene rings is 2. The Bertz CT molecular complexity index is 1200. The van der Waals surface area contributed by atoms with Crippen LogP contribution in [0.2, 0.25) is 0 Å². The van der Waals surface area contributed by atoms with Crippen LogP contribution in [0.3, 0.4) is 0 Å². The van der Waals surface area contributed by atoms with E-state index in [1.807, 2.05) is 11.4 Å². The molecule has 1 heterocycles. The van der Waals surface area contributed by atoms with Gasteiger partial charge in [0.2, 0.25) is 5.91 Å². The number of hydrogen-bond acceptors (Lipinski definition) is 6. The van der Waals surface area contributed by atoms with E-state index in [4.69, 9.17) is 4.74 Å². The Kier molecular flexibility index (Phi) is 7.06. The third-order valence-corrected chi connectivity index (χ3v) is 4.35. The van der Waals surface area contributed by atoms with Crippen molar-refractivity contribution in [2.75, 3.05) is 11.9 Å². The SMILES string of the molecule is Cc1nn(-c2ccccc2)nc1C(=O)OC(C)C(=O)NCC(=O)Nc1ccc(F)c(F)c1F. The summed E-state index contributed by atoms with van der Waals surface area (Å²) in [6, 6.07) is 10.3. The molecule has 33 heavy (non-hydrogen) atoms. The van der Waals surface area contributed by atoms with Gasteiger partial charge in [-0.3, -0.25) is 9.59 Å². The standard InChI is InChI=1S/C21H18F3N5O4/c1-11-19(28-29(27-11)13-6-4-3-5-7-13)21(32)33-12(2)20(31)25-10-16(30)26-15-9-8-14(22)17(23)18(15)24/h3-9,12H,10H2,1-2H3,(H,25,31)(H,26,30). The molecule has 3 aromatic rings. The van der Waals surface area contributed by atoms with Crippen molar-refractivity contribution < 1.29 is 32.3 Å². The summed E-state index contributed by atoms with van der Waals surface area (Å²) in [7, 11) is 0. The first kappa shape index (κ1) is 23.4. The van der Waals surface area contributed by atoms with Gasteiger partial charge in [-0.2, -0.15) is 9.90 Å². The number of rotatable bonds is 7. The summed E-state index contributed by atoms with van der Waals surface area (Å²) < 4.78 is 44.8. The van der Waals surface area contributed by atoms with Gasteiger partial charge in [0.1, 0.15) is 0 Å². The number of para-hydroxylation sites is 1. The monoisotopic (exact) mass is 461 g/mol. The van der Waals surface area contributed by atoms with Crippen molar-refractivity contribution >= 4 is 23.5 Å². The second-order valence-electron chi connectivity index (χ2n) is 6.80. The van der Waals surface area contributed by atoms with Crippen molar-refractivity contribution in [3.63, 3.8) is 0 Å². The third kappa shape index (κ3) is 5.53. The Hall–Kier alpha value is -4.22. The molecule has 12 heteroatoms. The van der Waals surface area contributed by atoms with Crippen molar-refractivity contribution in [2.45, 2.75) is 20.0 Å². The number of nitrogens with zero attached hydrogens (tertiary/aromatic N) is 3. The molecule has 0 radical (unpaired) electrons. The quantitative estimate of drug-likeness (QED) is 0.412. The number of ether oxygens (including phenoxy) is 1. The van der Waals surface area contributed by atoms with Crippen molar-refractivity contribution in [2.24, 2.45) is 0 Å². The summed E-state index contributed by atoms with van der Waals surface area (Å²) in [5.41, 5.74) is 0.216. The minimum Gasteiger partial charge on any atom is -0.448 e. The fraction of sp³-hybridized carbons (Fsp3) is 0.190. The van der Waals surface area contributed by atoms with Crippen molar-refractivity contribution in [1.29, 1.82) is 0 Å². The van der Waals surface area contributed by atoms with Crippen LogP contribution >= 0.6 is 0 Å². The van der Waals surface area contributed by atoms with Gasteiger partial charge in [-0.1, -0.05) is 18.2 Å². The highest BCUT2D eigenvalue weighted by atomic mass is 19.2. The molecule has 0 saturated carbocycles. The highest BCUT2D eigenvalue weighted by molar-refractivity contribution is 5.96. The zero-order valence-electron chi connectivity index (χ0n) is 17.4. The molecule has 172 valence electrons. The molecule has 1 unspecified atom stereocenters. The van der Waals surface area contributed by atoms with E-state index >= 15 is 0 Å². The molecule has 0 aliphatic rings. The van der Waals surface area contributed by atoms with Gasteiger partial charge in [-0.25, -0.2) is 18.0 Å². The Morgan fingerprint density at radius 1 is 1.03 bits per heavy atom. The van der Waals surface area contributed by atoms with Crippen LogP contribution in [0.5, 0.6) is 0 Å². The number of carbonyl (C=O) groups excluding carboxylic acids is 3. The van der Waals surface area contributed by atoms with E-state index in [-0.39, 0.29) is 11.4 Å². The van der Waals surface area contributed by atoms with E-state index in [0.29, 0.717) is 11.8 Å². The summed E-state index contributed by atoms with van der Waals surface area (Å²) in [4.78, 5) is 37.7. The van der Waals surface area contributed by atoms with Crippen molar-refractivity contribution in [1.82, 2.24) is 20.3 Å². The second-order valence-corrected chi connectivity index (χ2v) is 6.80. The molecule has 0 aliphatic carbocycles. The number of aromatic nitrogens is 3. The molecule has 0 aliphatic heterocycles. The van der Waals surface area contributed by atoms with Crippen molar-refractivity contribution in [3.8, 4) is 5.69 Å². The fourth-order valence-corrected chi connectivity index (χ4v) is 2.64. The van der Waals surface area contributed by atoms with Gasteiger partial charge in [-0.05, 0) is 38.1 Å². The number of esters is 1. The molecule has 2 amide bonds. The maximum absolute atomic E-state index is 13.6. The Labute approximate surface area is 185 Å². The number of amides is 2. The summed E-state index contributed by atoms with van der Waals surface area (Å²) in [5.74, 6) is -7.35. The predicted octanol–water partition coefficient (Wildman–Crippen LogP) is 2.29. The lowest BCUT2D eigenvalue weighted by atomic mass is 10.2. The smallest absolute Gasteiger partial charge is 0.361 e. The lowest BCUT2D eigenvalue weighted by molar-refractivity contribution is -0.130. The average molecular weight is 461 g/mol. The van der Waals surface area contributed by atoms with Gasteiger partial charge < -0.3 is 15.4 Å². The summed E-state index contributed by atoms with van der Waals surface area (Å²) >= 11 is 0. The Morgan fingerprint density at radius 2 is 1.73 bits per heavy atom. The molecule has 1 atom stereocenters. The summed E-state index contributed by atoms with van der Waals surface area (Å²) in [5, 5.41) is 12.4. The lowest BCUT2D eigenvalue weighted by Crippen LogP contribution is -2.40. The zero-order valence-corrected chi connectivity index (χ0v) is 17.4. The third-order valence-electron chi connectivity index (χ3n) is 4.35. The van der Waals surface area contributed by atoms with E-state index < -0.39 is 53.6 Å². The maximum Gasteiger partial charge on any atom is 0.361 e. The first-order chi connectivity index (χ1) is 15.7. The van der Waals surface area contributed by atoms with E-state index in [1.54, 1.807) is 31.2 Å². The van der Waals surface area contributed by atoms with Crippen LogP contribution in [-0.4, -0.2) is 45.4 Å². The summed E-state index contributed by atoms with van der Waals surface area (Å²) in [6.45, 7) is 2.19. The zero-order chi connectivity index (χ0) is 24.1. The molecule has 2 aromatic carbocycles. The van der Waals surface area contributed by atoms with Gasteiger partial charge in [0, 0.05) is 0 Å². The molecule has 0 saturated heterocycles. The van der Waals surface area contributed by atoms with Crippen LogP contribution in [0.25, 0.3) is 5.69 Å². The molecule has 9 nitrogen and oxygen atoms in total. The van der Waals surface area contributed by atoms with E-state index in [1.165, 1.54) is 11.7 Å². The van der Waals surface area contributed by atoms with E-state index in [2.05, 4.69) is 15.5 Å². The molecule has 3 rings (SSSR count). The van der Waals surface area contributed by atoms with Crippen molar-refractivity contribution in [3.05, 3.63) is 71.3 Å². The first-order valence-electron chi connectivity index (χ1n) is 9.58. The number of hydrogen-bond donors (Lipinski definition) is 2. The van der Waals surface area contributed by atoms with Gasteiger partial charge in [0.25, 0.3) is 5.91 Å². The molecule has 1 aromatic heterocycles. The molecule has 0 bridgehead atoms. The highest BCUT2D eigenvalue weighted by Crippen LogP contribution is 2.19. The minimum absolute atomic E-state index is 0.0925. The van der Waals surface area contributed by atoms with Crippen LogP contribution in [0, 0.1) is 24.4 Å². The van der Waals surface area contributed by atoms with Gasteiger partial charge in [0.05, 0.1) is 23.6 Å². The average Bonchev–Trinajstić information content (AvgIpc) is 3.20.